The number of phosphoric acid groups is 3. The fraction of sp³-hybridized carbons (Fsp3) is 0.333. The van der Waals surface area contributed by atoms with E-state index in [4.69, 9.17) is 25.2 Å². The summed E-state index contributed by atoms with van der Waals surface area (Å²) in [4.78, 5) is 43.6. The van der Waals surface area contributed by atoms with Gasteiger partial charge in [0.25, 0.3) is 0 Å². The summed E-state index contributed by atoms with van der Waals surface area (Å²) in [5.74, 6) is -1.24. The van der Waals surface area contributed by atoms with Crippen LogP contribution in [0.4, 0.5) is 5.82 Å². The van der Waals surface area contributed by atoms with Crippen LogP contribution in [0.3, 0.4) is 0 Å². The molecule has 1 aliphatic rings. The zero-order chi connectivity index (χ0) is 24.1. The van der Waals surface area contributed by atoms with Crippen molar-refractivity contribution in [3.05, 3.63) is 30.1 Å². The Bertz CT molecular complexity index is 1220. The molecule has 4 atom stereocenters. The van der Waals surface area contributed by atoms with E-state index in [1.54, 1.807) is 0 Å². The molecule has 17 nitrogen and oxygen atoms in total. The number of aromatic nitrogens is 3. The van der Waals surface area contributed by atoms with Crippen LogP contribution in [0, 0.1) is 0 Å². The highest BCUT2D eigenvalue weighted by atomic mass is 31.3. The summed E-state index contributed by atoms with van der Waals surface area (Å²) >= 11 is 0. The molecule has 3 unspecified atom stereocenters. The van der Waals surface area contributed by atoms with Crippen molar-refractivity contribution < 1.29 is 61.4 Å². The minimum absolute atomic E-state index is 0.136. The average Bonchev–Trinajstić information content (AvgIpc) is 3.11. The third-order valence-electron chi connectivity index (χ3n) is 4.05. The van der Waals surface area contributed by atoms with Gasteiger partial charge in [-0.25, -0.2) is 23.7 Å². The molecule has 0 fully saturated rings. The lowest BCUT2D eigenvalue weighted by Gasteiger charge is -2.26. The third kappa shape index (κ3) is 5.20. The number of hydrogen-bond donors (Lipinski definition) is 7. The molecule has 0 bridgehead atoms. The number of rotatable bonds is 8. The van der Waals surface area contributed by atoms with Crippen molar-refractivity contribution in [2.75, 3.05) is 12.3 Å². The Labute approximate surface area is 178 Å². The molecule has 178 valence electrons. The maximum atomic E-state index is 11.9. The number of ether oxygens (including phenoxy) is 1. The number of fused-ring (bicyclic) bond motifs is 1. The first-order valence-corrected chi connectivity index (χ1v) is 12.7. The molecule has 2 aromatic heterocycles. The number of hydrogen-bond acceptors (Lipinski definition) is 12. The number of nitrogen functional groups attached to an aromatic ring is 1. The predicted octanol–water partition coefficient (Wildman–Crippen LogP) is 0.406. The zero-order valence-corrected chi connectivity index (χ0v) is 18.5. The Morgan fingerprint density at radius 2 is 1.84 bits per heavy atom. The van der Waals surface area contributed by atoms with Crippen molar-refractivity contribution in [1.29, 1.82) is 0 Å². The van der Waals surface area contributed by atoms with Gasteiger partial charge in [-0.2, -0.15) is 8.62 Å². The number of aliphatic hydroxyl groups is 2. The molecule has 3 rings (SSSR count). The Morgan fingerprint density at radius 1 is 1.19 bits per heavy atom. The van der Waals surface area contributed by atoms with Gasteiger partial charge in [0.15, 0.2) is 17.1 Å². The van der Waals surface area contributed by atoms with Gasteiger partial charge in [0.05, 0.1) is 5.39 Å². The highest BCUT2D eigenvalue weighted by Gasteiger charge is 2.49. The summed E-state index contributed by atoms with van der Waals surface area (Å²) < 4.78 is 52.2. The molecule has 1 aliphatic heterocycles. The van der Waals surface area contributed by atoms with Crippen molar-refractivity contribution >= 4 is 40.3 Å². The second-order valence-electron chi connectivity index (χ2n) is 6.47. The van der Waals surface area contributed by atoms with E-state index in [0.29, 0.717) is 5.39 Å². The van der Waals surface area contributed by atoms with Crippen LogP contribution in [0.25, 0.3) is 11.0 Å². The lowest BCUT2D eigenvalue weighted by atomic mass is 10.0. The van der Waals surface area contributed by atoms with E-state index < -0.39 is 53.4 Å². The first-order chi connectivity index (χ1) is 14.5. The van der Waals surface area contributed by atoms with Crippen LogP contribution in [0.2, 0.25) is 0 Å². The normalized spacial score (nSPS) is 25.5. The van der Waals surface area contributed by atoms with Gasteiger partial charge in [-0.05, 0) is 13.0 Å². The number of nitrogens with two attached hydrogens (primary N) is 1. The maximum absolute atomic E-state index is 11.9. The molecule has 0 amide bonds. The number of aliphatic hydroxyl groups excluding tert-OH is 1. The fourth-order valence-corrected chi connectivity index (χ4v) is 5.73. The Balaban J connectivity index is 1.77. The summed E-state index contributed by atoms with van der Waals surface area (Å²) in [6.45, 7) is 0.0830. The number of anilines is 1. The molecule has 0 spiro atoms. The van der Waals surface area contributed by atoms with Gasteiger partial charge >= 0.3 is 23.5 Å². The van der Waals surface area contributed by atoms with E-state index in [1.807, 2.05) is 0 Å². The topological polar surface area (TPSA) is 266 Å². The fourth-order valence-electron chi connectivity index (χ4n) is 2.76. The van der Waals surface area contributed by atoms with Gasteiger partial charge in [-0.1, -0.05) is 0 Å². The average molecular weight is 518 g/mol. The van der Waals surface area contributed by atoms with Crippen LogP contribution in [-0.4, -0.2) is 56.5 Å². The Morgan fingerprint density at radius 3 is 2.47 bits per heavy atom. The molecular formula is C12H17N4O13P3. The molecule has 3 heterocycles. The van der Waals surface area contributed by atoms with E-state index in [9.17, 15) is 28.8 Å². The van der Waals surface area contributed by atoms with Crippen LogP contribution >= 0.6 is 23.5 Å². The maximum Gasteiger partial charge on any atom is 0.490 e. The van der Waals surface area contributed by atoms with Gasteiger partial charge < -0.3 is 40.3 Å². The SMILES string of the molecule is CC1(O)C(O)=C(COP(=O)(O)OP(=O)(O)OP(=O)(O)O)O[C@H]1n1ccc2c(N)ncnc21. The minimum atomic E-state index is -5.72. The zero-order valence-electron chi connectivity index (χ0n) is 15.8. The third-order valence-corrected chi connectivity index (χ3v) is 7.83. The van der Waals surface area contributed by atoms with E-state index in [0.717, 1.165) is 13.3 Å². The van der Waals surface area contributed by atoms with Crippen molar-refractivity contribution in [2.45, 2.75) is 18.8 Å². The first kappa shape index (κ1) is 24.8. The van der Waals surface area contributed by atoms with Gasteiger partial charge in [-0.3, -0.25) is 9.09 Å². The molecule has 0 saturated heterocycles. The standard InChI is InChI=1S/C12H17N4O13P3/c1-12(18)8(17)7(4-26-31(22,23)29-32(24,25)28-30(19,20)21)27-11(12)16-3-2-6-9(13)14-5-15-10(6)16/h2-3,5,11,17-18H,4H2,1H3,(H,22,23)(H,24,25)(H2,13,14,15)(H2,19,20,21)/t11-,12?/m1/s1. The minimum Gasteiger partial charge on any atom is -0.506 e. The molecule has 0 aliphatic carbocycles. The first-order valence-electron chi connectivity index (χ1n) is 8.19. The summed E-state index contributed by atoms with van der Waals surface area (Å²) in [6.07, 6.45) is 1.23. The number of phosphoric ester groups is 1. The summed E-state index contributed by atoms with van der Waals surface area (Å²) in [5.41, 5.74) is 3.88. The summed E-state index contributed by atoms with van der Waals surface area (Å²) in [5, 5.41) is 21.4. The molecule has 0 radical (unpaired) electrons. The van der Waals surface area contributed by atoms with Crippen LogP contribution in [-0.2, 0) is 31.6 Å². The van der Waals surface area contributed by atoms with Crippen molar-refractivity contribution in [2.24, 2.45) is 0 Å². The molecule has 0 aromatic carbocycles. The lowest BCUT2D eigenvalue weighted by molar-refractivity contribution is -0.0739. The van der Waals surface area contributed by atoms with Crippen LogP contribution in [0.5, 0.6) is 0 Å². The molecule has 8 N–H and O–H groups in total. The molecule has 20 heteroatoms. The molecule has 32 heavy (non-hydrogen) atoms. The van der Waals surface area contributed by atoms with Crippen molar-refractivity contribution in [3.63, 3.8) is 0 Å². The molecule has 2 aromatic rings. The van der Waals surface area contributed by atoms with Crippen LogP contribution < -0.4 is 5.73 Å². The summed E-state index contributed by atoms with van der Waals surface area (Å²) in [6, 6.07) is 1.52. The quantitative estimate of drug-likeness (QED) is 0.233. The van der Waals surface area contributed by atoms with E-state index in [2.05, 4.69) is 23.1 Å². The number of nitrogens with zero attached hydrogens (tertiary/aromatic N) is 3. The highest BCUT2D eigenvalue weighted by Crippen LogP contribution is 2.66. The summed E-state index contributed by atoms with van der Waals surface area (Å²) in [7, 11) is -16.8. The van der Waals surface area contributed by atoms with Crippen LogP contribution in [0.15, 0.2) is 30.1 Å². The second kappa shape index (κ2) is 8.17. The highest BCUT2D eigenvalue weighted by molar-refractivity contribution is 7.66. The van der Waals surface area contributed by atoms with Crippen LogP contribution in [0.1, 0.15) is 13.2 Å². The van der Waals surface area contributed by atoms with E-state index in [1.165, 1.54) is 16.8 Å². The van der Waals surface area contributed by atoms with Gasteiger partial charge in [0.2, 0.25) is 6.23 Å². The smallest absolute Gasteiger partial charge is 0.490 e. The lowest BCUT2D eigenvalue weighted by Crippen LogP contribution is -2.35. The Kier molecular flexibility index (Phi) is 6.32. The van der Waals surface area contributed by atoms with E-state index in [-0.39, 0.29) is 11.5 Å². The van der Waals surface area contributed by atoms with Crippen molar-refractivity contribution in [1.82, 2.24) is 14.5 Å². The molecular weight excluding hydrogens is 501 g/mol. The predicted molar refractivity (Wildman–Crippen MR) is 102 cm³/mol. The molecule has 0 saturated carbocycles. The van der Waals surface area contributed by atoms with E-state index >= 15 is 0 Å². The van der Waals surface area contributed by atoms with Gasteiger partial charge in [0, 0.05) is 6.20 Å². The van der Waals surface area contributed by atoms with Gasteiger partial charge in [0.1, 0.15) is 24.4 Å². The largest absolute Gasteiger partial charge is 0.506 e. The van der Waals surface area contributed by atoms with Gasteiger partial charge in [-0.15, -0.1) is 0 Å². The Hall–Kier alpha value is -1.87. The second-order valence-corrected chi connectivity index (χ2v) is 10.9. The van der Waals surface area contributed by atoms with Crippen molar-refractivity contribution in [3.8, 4) is 0 Å². The monoisotopic (exact) mass is 518 g/mol.